The van der Waals surface area contributed by atoms with E-state index in [0.29, 0.717) is 0 Å². The Morgan fingerprint density at radius 2 is 1.81 bits per heavy atom. The molecular formula is C22H28N2O2. The van der Waals surface area contributed by atoms with Crippen LogP contribution in [0.4, 0.5) is 11.4 Å². The number of piperidine rings is 1. The molecule has 26 heavy (non-hydrogen) atoms. The standard InChI is InChI=1S/C22H28N2O2/c1-16-10-12-24(13-11-16)20-8-6-19(7-9-20)23-22(25)15-26-21-14-17(2)4-5-18(21)3/h4-9,14,16H,10-13,15H2,1-3H3,(H,23,25). The molecule has 4 nitrogen and oxygen atoms in total. The highest BCUT2D eigenvalue weighted by atomic mass is 16.5. The summed E-state index contributed by atoms with van der Waals surface area (Å²) < 4.78 is 5.66. The molecule has 4 heteroatoms. The number of nitrogens with zero attached hydrogens (tertiary/aromatic N) is 1. The summed E-state index contributed by atoms with van der Waals surface area (Å²) in [4.78, 5) is 14.6. The lowest BCUT2D eigenvalue weighted by atomic mass is 9.99. The van der Waals surface area contributed by atoms with Gasteiger partial charge in [0, 0.05) is 24.5 Å². The minimum Gasteiger partial charge on any atom is -0.483 e. The van der Waals surface area contributed by atoms with E-state index in [0.717, 1.165) is 41.6 Å². The van der Waals surface area contributed by atoms with Gasteiger partial charge in [0.15, 0.2) is 6.61 Å². The summed E-state index contributed by atoms with van der Waals surface area (Å²) in [6.07, 6.45) is 2.49. The minimum atomic E-state index is -0.148. The quantitative estimate of drug-likeness (QED) is 0.858. The van der Waals surface area contributed by atoms with Crippen LogP contribution in [0.25, 0.3) is 0 Å². The van der Waals surface area contributed by atoms with Gasteiger partial charge in [0.25, 0.3) is 5.91 Å². The van der Waals surface area contributed by atoms with Crippen molar-refractivity contribution in [2.45, 2.75) is 33.6 Å². The fourth-order valence-corrected chi connectivity index (χ4v) is 3.23. The molecule has 1 aliphatic rings. The van der Waals surface area contributed by atoms with E-state index < -0.39 is 0 Å². The lowest BCUT2D eigenvalue weighted by molar-refractivity contribution is -0.118. The van der Waals surface area contributed by atoms with Crippen LogP contribution in [-0.4, -0.2) is 25.6 Å². The molecule has 1 saturated heterocycles. The van der Waals surface area contributed by atoms with Crippen LogP contribution in [-0.2, 0) is 4.79 Å². The van der Waals surface area contributed by atoms with Crippen molar-refractivity contribution >= 4 is 17.3 Å². The minimum absolute atomic E-state index is 0.00998. The van der Waals surface area contributed by atoms with Gasteiger partial charge in [-0.1, -0.05) is 19.1 Å². The Balaban J connectivity index is 1.52. The number of benzene rings is 2. The summed E-state index contributed by atoms with van der Waals surface area (Å²) >= 11 is 0. The Labute approximate surface area is 156 Å². The van der Waals surface area contributed by atoms with Gasteiger partial charge < -0.3 is 15.0 Å². The van der Waals surface area contributed by atoms with Crippen LogP contribution in [0, 0.1) is 19.8 Å². The monoisotopic (exact) mass is 352 g/mol. The van der Waals surface area contributed by atoms with Crippen molar-refractivity contribution in [3.05, 3.63) is 53.6 Å². The molecule has 2 aromatic rings. The molecule has 0 spiro atoms. The lowest BCUT2D eigenvalue weighted by Gasteiger charge is -2.32. The number of aryl methyl sites for hydroxylation is 2. The molecular weight excluding hydrogens is 324 g/mol. The summed E-state index contributed by atoms with van der Waals surface area (Å²) in [5.74, 6) is 1.43. The first-order valence-corrected chi connectivity index (χ1v) is 9.36. The maximum atomic E-state index is 12.2. The van der Waals surface area contributed by atoms with E-state index in [1.54, 1.807) is 0 Å². The molecule has 3 rings (SSSR count). The van der Waals surface area contributed by atoms with E-state index in [1.807, 2.05) is 44.2 Å². The molecule has 2 aromatic carbocycles. The van der Waals surface area contributed by atoms with Crippen molar-refractivity contribution in [2.24, 2.45) is 5.92 Å². The van der Waals surface area contributed by atoms with Crippen LogP contribution in [0.15, 0.2) is 42.5 Å². The summed E-state index contributed by atoms with van der Waals surface area (Å²) in [5, 5.41) is 2.90. The predicted molar refractivity (Wildman–Crippen MR) is 107 cm³/mol. The fraction of sp³-hybridized carbons (Fsp3) is 0.409. The zero-order valence-corrected chi connectivity index (χ0v) is 15.9. The molecule has 0 unspecified atom stereocenters. The molecule has 1 heterocycles. The third kappa shape index (κ3) is 4.78. The number of amides is 1. The van der Waals surface area contributed by atoms with Crippen molar-refractivity contribution < 1.29 is 9.53 Å². The summed E-state index contributed by atoms with van der Waals surface area (Å²) in [5.41, 5.74) is 4.17. The molecule has 1 N–H and O–H groups in total. The smallest absolute Gasteiger partial charge is 0.262 e. The first kappa shape index (κ1) is 18.3. The Morgan fingerprint density at radius 1 is 1.12 bits per heavy atom. The van der Waals surface area contributed by atoms with E-state index in [9.17, 15) is 4.79 Å². The van der Waals surface area contributed by atoms with Gasteiger partial charge in [0.05, 0.1) is 0 Å². The number of rotatable bonds is 5. The maximum Gasteiger partial charge on any atom is 0.262 e. The Kier molecular flexibility index (Phi) is 5.82. The number of carbonyl (C=O) groups is 1. The topological polar surface area (TPSA) is 41.6 Å². The average molecular weight is 352 g/mol. The van der Waals surface area contributed by atoms with Crippen molar-refractivity contribution in [1.82, 2.24) is 0 Å². The van der Waals surface area contributed by atoms with Crippen LogP contribution in [0.1, 0.15) is 30.9 Å². The Bertz CT molecular complexity index is 747. The van der Waals surface area contributed by atoms with E-state index in [-0.39, 0.29) is 12.5 Å². The molecule has 1 amide bonds. The fourth-order valence-electron chi connectivity index (χ4n) is 3.23. The normalized spacial score (nSPS) is 15.0. The van der Waals surface area contributed by atoms with Crippen molar-refractivity contribution in [1.29, 1.82) is 0 Å². The highest BCUT2D eigenvalue weighted by Gasteiger charge is 2.16. The molecule has 0 saturated carbocycles. The second-order valence-corrected chi connectivity index (χ2v) is 7.32. The van der Waals surface area contributed by atoms with Crippen LogP contribution in [0.2, 0.25) is 0 Å². The third-order valence-electron chi connectivity index (χ3n) is 5.00. The van der Waals surface area contributed by atoms with E-state index in [2.05, 4.69) is 29.3 Å². The van der Waals surface area contributed by atoms with Gasteiger partial charge in [-0.25, -0.2) is 0 Å². The Morgan fingerprint density at radius 3 is 2.50 bits per heavy atom. The highest BCUT2D eigenvalue weighted by molar-refractivity contribution is 5.92. The molecule has 1 aliphatic heterocycles. The summed E-state index contributed by atoms with van der Waals surface area (Å²) in [7, 11) is 0. The second-order valence-electron chi connectivity index (χ2n) is 7.32. The highest BCUT2D eigenvalue weighted by Crippen LogP contribution is 2.24. The van der Waals surface area contributed by atoms with Crippen molar-refractivity contribution in [3.63, 3.8) is 0 Å². The zero-order chi connectivity index (χ0) is 18.5. The third-order valence-corrected chi connectivity index (χ3v) is 5.00. The van der Waals surface area contributed by atoms with Gasteiger partial charge in [-0.3, -0.25) is 4.79 Å². The lowest BCUT2D eigenvalue weighted by Crippen LogP contribution is -2.32. The Hall–Kier alpha value is -2.49. The number of ether oxygens (including phenoxy) is 1. The van der Waals surface area contributed by atoms with Gasteiger partial charge in [-0.15, -0.1) is 0 Å². The molecule has 0 atom stereocenters. The molecule has 0 bridgehead atoms. The predicted octanol–water partition coefficient (Wildman–Crippen LogP) is 4.56. The van der Waals surface area contributed by atoms with Crippen LogP contribution < -0.4 is 15.0 Å². The van der Waals surface area contributed by atoms with Gasteiger partial charge in [-0.2, -0.15) is 0 Å². The number of nitrogens with one attached hydrogen (secondary N) is 1. The largest absolute Gasteiger partial charge is 0.483 e. The van der Waals surface area contributed by atoms with E-state index in [1.165, 1.54) is 18.5 Å². The van der Waals surface area contributed by atoms with Crippen LogP contribution in [0.5, 0.6) is 5.75 Å². The van der Waals surface area contributed by atoms with Crippen molar-refractivity contribution in [2.75, 3.05) is 29.9 Å². The molecule has 0 radical (unpaired) electrons. The molecule has 138 valence electrons. The zero-order valence-electron chi connectivity index (χ0n) is 15.9. The number of hydrogen-bond donors (Lipinski definition) is 1. The van der Waals surface area contributed by atoms with Crippen LogP contribution >= 0.6 is 0 Å². The SMILES string of the molecule is Cc1ccc(C)c(OCC(=O)Nc2ccc(N3CCC(C)CC3)cc2)c1. The van der Waals surface area contributed by atoms with Crippen LogP contribution in [0.3, 0.4) is 0 Å². The van der Waals surface area contributed by atoms with Gasteiger partial charge in [-0.05, 0) is 74.1 Å². The molecule has 0 aliphatic carbocycles. The maximum absolute atomic E-state index is 12.2. The van der Waals surface area contributed by atoms with Gasteiger partial charge >= 0.3 is 0 Å². The average Bonchev–Trinajstić information content (AvgIpc) is 2.64. The first-order chi connectivity index (χ1) is 12.5. The van der Waals surface area contributed by atoms with Crippen molar-refractivity contribution in [3.8, 4) is 5.75 Å². The molecule has 0 aromatic heterocycles. The number of anilines is 2. The van der Waals surface area contributed by atoms with E-state index >= 15 is 0 Å². The molecule has 1 fully saturated rings. The van der Waals surface area contributed by atoms with Gasteiger partial charge in [0.2, 0.25) is 0 Å². The van der Waals surface area contributed by atoms with E-state index in [4.69, 9.17) is 4.74 Å². The van der Waals surface area contributed by atoms with Gasteiger partial charge in [0.1, 0.15) is 5.75 Å². The summed E-state index contributed by atoms with van der Waals surface area (Å²) in [6, 6.07) is 14.1. The second kappa shape index (κ2) is 8.26. The summed E-state index contributed by atoms with van der Waals surface area (Å²) in [6.45, 7) is 8.53. The number of hydrogen-bond acceptors (Lipinski definition) is 3. The first-order valence-electron chi connectivity index (χ1n) is 9.36. The number of carbonyl (C=O) groups excluding carboxylic acids is 1.